The summed E-state index contributed by atoms with van der Waals surface area (Å²) in [6.07, 6.45) is 5.74. The number of hydrogen-bond donors (Lipinski definition) is 1. The third kappa shape index (κ3) is 2.44. The second-order valence-corrected chi connectivity index (χ2v) is 5.86. The number of aryl methyl sites for hydroxylation is 1. The first-order valence-corrected chi connectivity index (χ1v) is 7.46. The number of rotatable bonds is 2. The molecule has 0 spiro atoms. The molecule has 1 saturated carbocycles. The highest BCUT2D eigenvalue weighted by Crippen LogP contribution is 2.35. The molecule has 20 heavy (non-hydrogen) atoms. The predicted octanol–water partition coefficient (Wildman–Crippen LogP) is 1.53. The van der Waals surface area contributed by atoms with Crippen molar-refractivity contribution in [3.05, 3.63) is 11.7 Å². The molecular weight excluding hydrogens is 258 g/mol. The fourth-order valence-corrected chi connectivity index (χ4v) is 3.59. The SMILES string of the molecule is Cc1nc(C(=O)N2CCC[C@@H]2[C@@H]2CCCC[C@@H]2O)no1. The van der Waals surface area contributed by atoms with E-state index in [1.807, 2.05) is 4.90 Å². The number of aliphatic hydroxyl groups excluding tert-OH is 1. The standard InChI is InChI=1S/C14H21N3O3/c1-9-15-13(16-20-9)14(19)17-8-4-6-11(17)10-5-2-3-7-12(10)18/h10-12,18H,2-8H2,1H3/t10-,11+,12-/m0/s1. The van der Waals surface area contributed by atoms with E-state index in [0.29, 0.717) is 5.89 Å². The number of nitrogens with zero attached hydrogens (tertiary/aromatic N) is 3. The van der Waals surface area contributed by atoms with Gasteiger partial charge in [0.1, 0.15) is 0 Å². The Morgan fingerprint density at radius 1 is 1.30 bits per heavy atom. The van der Waals surface area contributed by atoms with Crippen LogP contribution in [-0.2, 0) is 0 Å². The molecule has 2 aliphatic rings. The second-order valence-electron chi connectivity index (χ2n) is 5.86. The third-order valence-corrected chi connectivity index (χ3v) is 4.55. The van der Waals surface area contributed by atoms with Gasteiger partial charge in [-0.25, -0.2) is 0 Å². The smallest absolute Gasteiger partial charge is 0.295 e. The van der Waals surface area contributed by atoms with Crippen LogP contribution in [0, 0.1) is 12.8 Å². The van der Waals surface area contributed by atoms with Crippen LogP contribution in [0.3, 0.4) is 0 Å². The summed E-state index contributed by atoms with van der Waals surface area (Å²) in [6.45, 7) is 2.40. The molecule has 110 valence electrons. The molecular formula is C14H21N3O3. The summed E-state index contributed by atoms with van der Waals surface area (Å²) < 4.78 is 4.89. The van der Waals surface area contributed by atoms with Gasteiger partial charge in [0.2, 0.25) is 5.89 Å². The number of aromatic nitrogens is 2. The van der Waals surface area contributed by atoms with E-state index < -0.39 is 0 Å². The van der Waals surface area contributed by atoms with Crippen LogP contribution in [0.1, 0.15) is 55.0 Å². The Kier molecular flexibility index (Phi) is 3.74. The third-order valence-electron chi connectivity index (χ3n) is 4.55. The van der Waals surface area contributed by atoms with E-state index in [2.05, 4.69) is 10.1 Å². The first kappa shape index (κ1) is 13.5. The molecule has 6 heteroatoms. The molecule has 0 aromatic carbocycles. The molecule has 0 unspecified atom stereocenters. The zero-order valence-electron chi connectivity index (χ0n) is 11.8. The number of aliphatic hydroxyl groups is 1. The lowest BCUT2D eigenvalue weighted by Crippen LogP contribution is -2.45. The van der Waals surface area contributed by atoms with E-state index in [0.717, 1.165) is 45.1 Å². The van der Waals surface area contributed by atoms with Gasteiger partial charge >= 0.3 is 0 Å². The van der Waals surface area contributed by atoms with Gasteiger partial charge in [-0.15, -0.1) is 0 Å². The first-order chi connectivity index (χ1) is 9.66. The highest BCUT2D eigenvalue weighted by Gasteiger charge is 2.40. The van der Waals surface area contributed by atoms with Crippen molar-refractivity contribution in [1.82, 2.24) is 15.0 Å². The van der Waals surface area contributed by atoms with Gasteiger partial charge in [-0.2, -0.15) is 4.98 Å². The summed E-state index contributed by atoms with van der Waals surface area (Å²) in [7, 11) is 0. The molecule has 1 aromatic rings. The van der Waals surface area contributed by atoms with Crippen LogP contribution < -0.4 is 0 Å². The summed E-state index contributed by atoms with van der Waals surface area (Å²) >= 11 is 0. The number of likely N-dealkylation sites (tertiary alicyclic amines) is 1. The van der Waals surface area contributed by atoms with Gasteiger partial charge in [0.15, 0.2) is 0 Å². The molecule has 1 N–H and O–H groups in total. The number of carbonyl (C=O) groups is 1. The van der Waals surface area contributed by atoms with Crippen molar-refractivity contribution in [3.63, 3.8) is 0 Å². The fraction of sp³-hybridized carbons (Fsp3) is 0.786. The van der Waals surface area contributed by atoms with Crippen LogP contribution in [0.5, 0.6) is 0 Å². The molecule has 3 rings (SSSR count). The number of carbonyl (C=O) groups excluding carboxylic acids is 1. The van der Waals surface area contributed by atoms with Crippen molar-refractivity contribution in [2.24, 2.45) is 5.92 Å². The Morgan fingerprint density at radius 2 is 2.10 bits per heavy atom. The van der Waals surface area contributed by atoms with E-state index in [9.17, 15) is 9.90 Å². The van der Waals surface area contributed by atoms with Gasteiger partial charge in [0, 0.05) is 25.4 Å². The van der Waals surface area contributed by atoms with Gasteiger partial charge in [-0.1, -0.05) is 18.0 Å². The Labute approximate surface area is 118 Å². The van der Waals surface area contributed by atoms with E-state index >= 15 is 0 Å². The van der Waals surface area contributed by atoms with Gasteiger partial charge in [0.05, 0.1) is 6.10 Å². The summed E-state index contributed by atoms with van der Waals surface area (Å²) in [6, 6.07) is 0.122. The topological polar surface area (TPSA) is 79.5 Å². The van der Waals surface area contributed by atoms with Crippen molar-refractivity contribution in [1.29, 1.82) is 0 Å². The molecule has 2 fully saturated rings. The van der Waals surface area contributed by atoms with Gasteiger partial charge in [-0.05, 0) is 25.7 Å². The average Bonchev–Trinajstić information content (AvgIpc) is 3.07. The molecule has 1 aromatic heterocycles. The predicted molar refractivity (Wildman–Crippen MR) is 71.1 cm³/mol. The van der Waals surface area contributed by atoms with Crippen molar-refractivity contribution >= 4 is 5.91 Å². The van der Waals surface area contributed by atoms with Crippen LogP contribution >= 0.6 is 0 Å². The molecule has 0 bridgehead atoms. The minimum absolute atomic E-state index is 0.122. The zero-order chi connectivity index (χ0) is 14.1. The maximum Gasteiger partial charge on any atom is 0.295 e. The van der Waals surface area contributed by atoms with Crippen LogP contribution in [0.25, 0.3) is 0 Å². The summed E-state index contributed by atoms with van der Waals surface area (Å²) in [5.74, 6) is 0.576. The molecule has 1 amide bonds. The maximum atomic E-state index is 12.5. The summed E-state index contributed by atoms with van der Waals surface area (Å²) in [5, 5.41) is 13.9. The van der Waals surface area contributed by atoms with Crippen molar-refractivity contribution in [2.75, 3.05) is 6.54 Å². The minimum Gasteiger partial charge on any atom is -0.393 e. The average molecular weight is 279 g/mol. The monoisotopic (exact) mass is 279 g/mol. The first-order valence-electron chi connectivity index (χ1n) is 7.46. The van der Waals surface area contributed by atoms with Crippen molar-refractivity contribution in [3.8, 4) is 0 Å². The molecule has 0 radical (unpaired) electrons. The van der Waals surface area contributed by atoms with E-state index in [4.69, 9.17) is 4.52 Å². The summed E-state index contributed by atoms with van der Waals surface area (Å²) in [5.41, 5.74) is 0. The lowest BCUT2D eigenvalue weighted by molar-refractivity contribution is 0.0206. The molecule has 1 aliphatic heterocycles. The lowest BCUT2D eigenvalue weighted by Gasteiger charge is -2.36. The van der Waals surface area contributed by atoms with E-state index in [1.165, 1.54) is 0 Å². The maximum absolute atomic E-state index is 12.5. The Balaban J connectivity index is 1.76. The quantitative estimate of drug-likeness (QED) is 0.888. The number of hydrogen-bond acceptors (Lipinski definition) is 5. The van der Waals surface area contributed by atoms with Gasteiger partial charge < -0.3 is 14.5 Å². The molecule has 2 heterocycles. The molecule has 1 saturated heterocycles. The van der Waals surface area contributed by atoms with Crippen LogP contribution in [0.4, 0.5) is 0 Å². The fourth-order valence-electron chi connectivity index (χ4n) is 3.59. The van der Waals surface area contributed by atoms with Gasteiger partial charge in [-0.3, -0.25) is 4.79 Å². The van der Waals surface area contributed by atoms with Crippen molar-refractivity contribution in [2.45, 2.75) is 57.6 Å². The zero-order valence-corrected chi connectivity index (χ0v) is 11.8. The largest absolute Gasteiger partial charge is 0.393 e. The summed E-state index contributed by atoms with van der Waals surface area (Å²) in [4.78, 5) is 18.3. The number of amides is 1. The van der Waals surface area contributed by atoms with Gasteiger partial charge in [0.25, 0.3) is 11.7 Å². The Bertz CT molecular complexity index is 488. The Morgan fingerprint density at radius 3 is 2.80 bits per heavy atom. The van der Waals surface area contributed by atoms with Crippen LogP contribution in [0.2, 0.25) is 0 Å². The lowest BCUT2D eigenvalue weighted by atomic mass is 9.80. The highest BCUT2D eigenvalue weighted by atomic mass is 16.5. The second kappa shape index (κ2) is 5.52. The highest BCUT2D eigenvalue weighted by molar-refractivity contribution is 5.90. The molecule has 3 atom stereocenters. The molecule has 1 aliphatic carbocycles. The molecule has 6 nitrogen and oxygen atoms in total. The van der Waals surface area contributed by atoms with Crippen LogP contribution in [0.15, 0.2) is 4.52 Å². The normalized spacial score (nSPS) is 30.7. The Hall–Kier alpha value is -1.43. The van der Waals surface area contributed by atoms with Crippen LogP contribution in [-0.4, -0.2) is 44.7 Å². The van der Waals surface area contributed by atoms with E-state index in [-0.39, 0.29) is 29.8 Å². The van der Waals surface area contributed by atoms with Crippen molar-refractivity contribution < 1.29 is 14.4 Å². The van der Waals surface area contributed by atoms with E-state index in [1.54, 1.807) is 6.92 Å². The minimum atomic E-state index is -0.283.